The summed E-state index contributed by atoms with van der Waals surface area (Å²) < 4.78 is 38.7. The van der Waals surface area contributed by atoms with Crippen molar-refractivity contribution >= 4 is 17.6 Å². The number of carboxylic acids is 1. The zero-order valence-electron chi connectivity index (χ0n) is 11.7. The number of hydrogen-bond acceptors (Lipinski definition) is 2. The van der Waals surface area contributed by atoms with Crippen LogP contribution in [0.4, 0.5) is 18.9 Å². The maximum Gasteiger partial charge on any atom is 0.418 e. The van der Waals surface area contributed by atoms with Gasteiger partial charge in [0.2, 0.25) is 5.91 Å². The Hall–Kier alpha value is -2.05. The van der Waals surface area contributed by atoms with Crippen LogP contribution in [-0.2, 0) is 15.8 Å². The van der Waals surface area contributed by atoms with Crippen molar-refractivity contribution in [3.05, 3.63) is 29.8 Å². The third kappa shape index (κ3) is 3.58. The third-order valence-corrected chi connectivity index (χ3v) is 3.91. The lowest BCUT2D eigenvalue weighted by molar-refractivity contribution is -0.148. The predicted octanol–water partition coefficient (Wildman–Crippen LogP) is 3.53. The number of nitrogens with one attached hydrogen (secondary N) is 1. The maximum absolute atomic E-state index is 12.9. The number of rotatable bonds is 3. The van der Waals surface area contributed by atoms with E-state index < -0.39 is 35.5 Å². The first-order valence-corrected chi connectivity index (χ1v) is 7.00. The Kier molecular flexibility index (Phi) is 4.73. The molecule has 1 saturated carbocycles. The Bertz CT molecular complexity index is 571. The average Bonchev–Trinajstić information content (AvgIpc) is 2.46. The van der Waals surface area contributed by atoms with E-state index in [2.05, 4.69) is 5.32 Å². The van der Waals surface area contributed by atoms with Crippen LogP contribution < -0.4 is 5.32 Å². The van der Waals surface area contributed by atoms with Crippen molar-refractivity contribution in [1.29, 1.82) is 0 Å². The summed E-state index contributed by atoms with van der Waals surface area (Å²) >= 11 is 0. The minimum Gasteiger partial charge on any atom is -0.481 e. The fraction of sp³-hybridized carbons (Fsp3) is 0.467. The van der Waals surface area contributed by atoms with Gasteiger partial charge in [0.15, 0.2) is 0 Å². The first kappa shape index (κ1) is 16.3. The van der Waals surface area contributed by atoms with E-state index in [9.17, 15) is 22.8 Å². The van der Waals surface area contributed by atoms with Crippen LogP contribution in [0.5, 0.6) is 0 Å². The van der Waals surface area contributed by atoms with E-state index in [0.717, 1.165) is 6.07 Å². The van der Waals surface area contributed by atoms with E-state index in [-0.39, 0.29) is 5.69 Å². The molecule has 0 bridgehead atoms. The highest BCUT2D eigenvalue weighted by atomic mass is 19.4. The smallest absolute Gasteiger partial charge is 0.418 e. The van der Waals surface area contributed by atoms with Crippen LogP contribution in [0.1, 0.15) is 31.2 Å². The van der Waals surface area contributed by atoms with Gasteiger partial charge in [-0.15, -0.1) is 0 Å². The maximum atomic E-state index is 12.9. The summed E-state index contributed by atoms with van der Waals surface area (Å²) in [6, 6.07) is 4.67. The largest absolute Gasteiger partial charge is 0.481 e. The molecule has 2 N–H and O–H groups in total. The van der Waals surface area contributed by atoms with Crippen LogP contribution in [0.2, 0.25) is 0 Å². The van der Waals surface area contributed by atoms with Gasteiger partial charge in [0.1, 0.15) is 0 Å². The fourth-order valence-electron chi connectivity index (χ4n) is 2.81. The number of aliphatic carboxylic acids is 1. The minimum atomic E-state index is -4.58. The normalized spacial score (nSPS) is 22.1. The SMILES string of the molecule is O=C(O)[C@H]1CCCC[C@@H]1C(=O)Nc1ccccc1C(F)(F)F. The molecule has 0 unspecified atom stereocenters. The van der Waals surface area contributed by atoms with E-state index in [1.807, 2.05) is 0 Å². The summed E-state index contributed by atoms with van der Waals surface area (Å²) in [6.45, 7) is 0. The van der Waals surface area contributed by atoms with Gasteiger partial charge in [0, 0.05) is 0 Å². The van der Waals surface area contributed by atoms with Crippen molar-refractivity contribution in [1.82, 2.24) is 0 Å². The summed E-state index contributed by atoms with van der Waals surface area (Å²) in [7, 11) is 0. The predicted molar refractivity (Wildman–Crippen MR) is 73.2 cm³/mol. The van der Waals surface area contributed by atoms with Gasteiger partial charge in [0.25, 0.3) is 0 Å². The highest BCUT2D eigenvalue weighted by molar-refractivity contribution is 5.95. The molecule has 2 rings (SSSR count). The standard InChI is InChI=1S/C15H16F3NO3/c16-15(17,18)11-7-3-4-8-12(11)19-13(20)9-5-1-2-6-10(9)14(21)22/h3-4,7-10H,1-2,5-6H2,(H,19,20)(H,21,22)/t9-,10-/m0/s1. The van der Waals surface area contributed by atoms with Gasteiger partial charge in [-0.2, -0.15) is 13.2 Å². The molecule has 120 valence electrons. The van der Waals surface area contributed by atoms with E-state index in [4.69, 9.17) is 5.11 Å². The molecule has 0 aromatic heterocycles. The molecular weight excluding hydrogens is 299 g/mol. The highest BCUT2D eigenvalue weighted by Crippen LogP contribution is 2.36. The monoisotopic (exact) mass is 315 g/mol. The molecule has 7 heteroatoms. The molecule has 0 heterocycles. The Morgan fingerprint density at radius 1 is 1.09 bits per heavy atom. The summed E-state index contributed by atoms with van der Waals surface area (Å²) in [6.07, 6.45) is -2.43. The Labute approximate surface area is 125 Å². The van der Waals surface area contributed by atoms with Crippen LogP contribution in [0.15, 0.2) is 24.3 Å². The van der Waals surface area contributed by atoms with Gasteiger partial charge in [-0.1, -0.05) is 25.0 Å². The number of carboxylic acid groups (broad SMARTS) is 1. The van der Waals surface area contributed by atoms with Crippen LogP contribution in [0, 0.1) is 11.8 Å². The fourth-order valence-corrected chi connectivity index (χ4v) is 2.81. The first-order chi connectivity index (χ1) is 10.3. The van der Waals surface area contributed by atoms with Crippen molar-refractivity contribution < 1.29 is 27.9 Å². The van der Waals surface area contributed by atoms with E-state index in [1.54, 1.807) is 0 Å². The van der Waals surface area contributed by atoms with Crippen LogP contribution in [0.3, 0.4) is 0 Å². The topological polar surface area (TPSA) is 66.4 Å². The number of carbonyl (C=O) groups excluding carboxylic acids is 1. The number of alkyl halides is 3. The highest BCUT2D eigenvalue weighted by Gasteiger charge is 2.38. The number of para-hydroxylation sites is 1. The number of halogens is 3. The van der Waals surface area contributed by atoms with E-state index >= 15 is 0 Å². The van der Waals surface area contributed by atoms with Gasteiger partial charge in [-0.25, -0.2) is 0 Å². The number of carbonyl (C=O) groups is 2. The number of hydrogen-bond donors (Lipinski definition) is 2. The zero-order valence-corrected chi connectivity index (χ0v) is 11.7. The van der Waals surface area contributed by atoms with Crippen LogP contribution in [-0.4, -0.2) is 17.0 Å². The molecule has 1 aromatic carbocycles. The van der Waals surface area contributed by atoms with Crippen LogP contribution in [0.25, 0.3) is 0 Å². The molecule has 0 saturated heterocycles. The van der Waals surface area contributed by atoms with Gasteiger partial charge >= 0.3 is 12.1 Å². The van der Waals surface area contributed by atoms with Crippen molar-refractivity contribution in [3.8, 4) is 0 Å². The molecule has 4 nitrogen and oxygen atoms in total. The van der Waals surface area contributed by atoms with Crippen molar-refractivity contribution in [2.24, 2.45) is 11.8 Å². The van der Waals surface area contributed by atoms with Crippen molar-refractivity contribution in [3.63, 3.8) is 0 Å². The molecule has 1 aliphatic carbocycles. The van der Waals surface area contributed by atoms with Crippen molar-refractivity contribution in [2.75, 3.05) is 5.32 Å². The minimum absolute atomic E-state index is 0.338. The second-order valence-corrected chi connectivity index (χ2v) is 5.37. The number of benzene rings is 1. The summed E-state index contributed by atoms with van der Waals surface area (Å²) in [5.74, 6) is -3.38. The lowest BCUT2D eigenvalue weighted by Gasteiger charge is -2.27. The lowest BCUT2D eigenvalue weighted by Crippen LogP contribution is -2.36. The average molecular weight is 315 g/mol. The molecule has 22 heavy (non-hydrogen) atoms. The second kappa shape index (κ2) is 6.37. The van der Waals surface area contributed by atoms with Crippen molar-refractivity contribution in [2.45, 2.75) is 31.9 Å². The molecule has 2 atom stereocenters. The molecule has 1 fully saturated rings. The van der Waals surface area contributed by atoms with E-state index in [1.165, 1.54) is 18.2 Å². The summed E-state index contributed by atoms with van der Waals surface area (Å²) in [5.41, 5.74) is -1.28. The van der Waals surface area contributed by atoms with Gasteiger partial charge < -0.3 is 10.4 Å². The molecule has 0 aliphatic heterocycles. The molecule has 1 amide bonds. The molecule has 1 aromatic rings. The van der Waals surface area contributed by atoms with E-state index in [0.29, 0.717) is 25.7 Å². The molecule has 0 radical (unpaired) electrons. The van der Waals surface area contributed by atoms with Crippen LogP contribution >= 0.6 is 0 Å². The zero-order chi connectivity index (χ0) is 16.3. The Balaban J connectivity index is 2.20. The quantitative estimate of drug-likeness (QED) is 0.896. The summed E-state index contributed by atoms with van der Waals surface area (Å²) in [4.78, 5) is 23.4. The molecular formula is C15H16F3NO3. The summed E-state index contributed by atoms with van der Waals surface area (Å²) in [5, 5.41) is 11.4. The number of anilines is 1. The second-order valence-electron chi connectivity index (χ2n) is 5.37. The van der Waals surface area contributed by atoms with Gasteiger partial charge in [-0.05, 0) is 25.0 Å². The molecule has 1 aliphatic rings. The third-order valence-electron chi connectivity index (χ3n) is 3.91. The number of amides is 1. The lowest BCUT2D eigenvalue weighted by atomic mass is 9.78. The Morgan fingerprint density at radius 3 is 2.27 bits per heavy atom. The first-order valence-electron chi connectivity index (χ1n) is 7.00. The van der Waals surface area contributed by atoms with Gasteiger partial charge in [-0.3, -0.25) is 9.59 Å². The van der Waals surface area contributed by atoms with Gasteiger partial charge in [0.05, 0.1) is 23.1 Å². The molecule has 0 spiro atoms. The Morgan fingerprint density at radius 2 is 1.68 bits per heavy atom.